The SMILES string of the molecule is CCCNC(CCC(C)(C)C)c1ccc(OCC)cc1. The van der Waals surface area contributed by atoms with Gasteiger partial charge >= 0.3 is 0 Å². The van der Waals surface area contributed by atoms with Crippen molar-refractivity contribution in [1.82, 2.24) is 5.32 Å². The largest absolute Gasteiger partial charge is 0.494 e. The van der Waals surface area contributed by atoms with Crippen LogP contribution in [-0.2, 0) is 0 Å². The maximum atomic E-state index is 5.52. The predicted molar refractivity (Wildman–Crippen MR) is 87.3 cm³/mol. The van der Waals surface area contributed by atoms with E-state index in [0.717, 1.165) is 18.9 Å². The van der Waals surface area contributed by atoms with Gasteiger partial charge in [-0.2, -0.15) is 0 Å². The smallest absolute Gasteiger partial charge is 0.119 e. The molecule has 0 saturated carbocycles. The molecule has 0 fully saturated rings. The molecule has 1 aromatic carbocycles. The van der Waals surface area contributed by atoms with E-state index >= 15 is 0 Å². The van der Waals surface area contributed by atoms with Crippen LogP contribution < -0.4 is 10.1 Å². The Morgan fingerprint density at radius 1 is 1.10 bits per heavy atom. The van der Waals surface area contributed by atoms with Crippen molar-refractivity contribution in [2.75, 3.05) is 13.2 Å². The van der Waals surface area contributed by atoms with Crippen LogP contribution in [0.2, 0.25) is 0 Å². The molecule has 1 N–H and O–H groups in total. The topological polar surface area (TPSA) is 21.3 Å². The molecule has 1 aromatic rings. The molecule has 2 nitrogen and oxygen atoms in total. The Morgan fingerprint density at radius 2 is 1.75 bits per heavy atom. The van der Waals surface area contributed by atoms with E-state index in [-0.39, 0.29) is 0 Å². The lowest BCUT2D eigenvalue weighted by Crippen LogP contribution is -2.23. The standard InChI is InChI=1S/C18H31NO/c1-6-14-19-17(12-13-18(3,4)5)15-8-10-16(11-9-15)20-7-2/h8-11,17,19H,6-7,12-14H2,1-5H3. The van der Waals surface area contributed by atoms with Crippen LogP contribution in [0.4, 0.5) is 0 Å². The van der Waals surface area contributed by atoms with Gasteiger partial charge in [-0.25, -0.2) is 0 Å². The second-order valence-electron chi connectivity index (χ2n) is 6.61. The first kappa shape index (κ1) is 17.0. The highest BCUT2D eigenvalue weighted by molar-refractivity contribution is 5.29. The van der Waals surface area contributed by atoms with Gasteiger partial charge in [0.05, 0.1) is 6.61 Å². The zero-order chi connectivity index (χ0) is 15.0. The summed E-state index contributed by atoms with van der Waals surface area (Å²) in [5, 5.41) is 3.67. The van der Waals surface area contributed by atoms with Gasteiger partial charge in [0.15, 0.2) is 0 Å². The summed E-state index contributed by atoms with van der Waals surface area (Å²) >= 11 is 0. The Bertz CT molecular complexity index is 364. The van der Waals surface area contributed by atoms with Crippen LogP contribution in [0.15, 0.2) is 24.3 Å². The molecule has 1 rings (SSSR count). The van der Waals surface area contributed by atoms with E-state index in [9.17, 15) is 0 Å². The molecule has 0 aromatic heterocycles. The maximum Gasteiger partial charge on any atom is 0.119 e. The summed E-state index contributed by atoms with van der Waals surface area (Å²) in [6.07, 6.45) is 3.57. The third kappa shape index (κ3) is 6.42. The predicted octanol–water partition coefficient (Wildman–Crippen LogP) is 4.95. The summed E-state index contributed by atoms with van der Waals surface area (Å²) in [5.74, 6) is 0.960. The fraction of sp³-hybridized carbons (Fsp3) is 0.667. The van der Waals surface area contributed by atoms with Crippen LogP contribution >= 0.6 is 0 Å². The van der Waals surface area contributed by atoms with Crippen molar-refractivity contribution in [3.8, 4) is 5.75 Å². The molecular weight excluding hydrogens is 246 g/mol. The summed E-state index contributed by atoms with van der Waals surface area (Å²) in [5.41, 5.74) is 1.75. The molecule has 0 spiro atoms. The number of hydrogen-bond donors (Lipinski definition) is 1. The third-order valence-electron chi connectivity index (χ3n) is 3.42. The molecule has 0 aliphatic rings. The van der Waals surface area contributed by atoms with Crippen molar-refractivity contribution in [3.05, 3.63) is 29.8 Å². The highest BCUT2D eigenvalue weighted by atomic mass is 16.5. The van der Waals surface area contributed by atoms with Crippen LogP contribution in [0.25, 0.3) is 0 Å². The lowest BCUT2D eigenvalue weighted by atomic mass is 9.87. The molecule has 0 heterocycles. The van der Waals surface area contributed by atoms with Crippen LogP contribution in [-0.4, -0.2) is 13.2 Å². The van der Waals surface area contributed by atoms with E-state index < -0.39 is 0 Å². The van der Waals surface area contributed by atoms with E-state index in [1.807, 2.05) is 6.92 Å². The molecule has 114 valence electrons. The number of ether oxygens (including phenoxy) is 1. The quantitative estimate of drug-likeness (QED) is 0.725. The normalized spacial score (nSPS) is 13.2. The van der Waals surface area contributed by atoms with Gasteiger partial charge in [0.2, 0.25) is 0 Å². The Morgan fingerprint density at radius 3 is 2.25 bits per heavy atom. The lowest BCUT2D eigenvalue weighted by Gasteiger charge is -2.24. The third-order valence-corrected chi connectivity index (χ3v) is 3.42. The minimum atomic E-state index is 0.386. The van der Waals surface area contributed by atoms with Gasteiger partial charge < -0.3 is 10.1 Å². The lowest BCUT2D eigenvalue weighted by molar-refractivity contribution is 0.330. The van der Waals surface area contributed by atoms with Gasteiger partial charge in [0.25, 0.3) is 0 Å². The van der Waals surface area contributed by atoms with E-state index in [0.29, 0.717) is 11.5 Å². The molecule has 0 aliphatic carbocycles. The molecule has 0 aliphatic heterocycles. The van der Waals surface area contributed by atoms with Crippen molar-refractivity contribution in [1.29, 1.82) is 0 Å². The maximum absolute atomic E-state index is 5.52. The monoisotopic (exact) mass is 277 g/mol. The average Bonchev–Trinajstić information content (AvgIpc) is 2.39. The Hall–Kier alpha value is -1.02. The fourth-order valence-electron chi connectivity index (χ4n) is 2.25. The Balaban J connectivity index is 2.70. The summed E-state index contributed by atoms with van der Waals surface area (Å²) < 4.78 is 5.52. The summed E-state index contributed by atoms with van der Waals surface area (Å²) in [6.45, 7) is 12.9. The molecule has 1 atom stereocenters. The number of nitrogens with one attached hydrogen (secondary N) is 1. The van der Waals surface area contributed by atoms with E-state index in [2.05, 4.69) is 57.3 Å². The van der Waals surface area contributed by atoms with Crippen LogP contribution in [0, 0.1) is 5.41 Å². The van der Waals surface area contributed by atoms with Gasteiger partial charge in [-0.15, -0.1) is 0 Å². The van der Waals surface area contributed by atoms with Crippen molar-refractivity contribution in [2.24, 2.45) is 5.41 Å². The summed E-state index contributed by atoms with van der Waals surface area (Å²) in [6, 6.07) is 9.00. The van der Waals surface area contributed by atoms with Gasteiger partial charge in [-0.1, -0.05) is 39.8 Å². The zero-order valence-electron chi connectivity index (χ0n) is 13.8. The minimum Gasteiger partial charge on any atom is -0.494 e. The highest BCUT2D eigenvalue weighted by Crippen LogP contribution is 2.28. The van der Waals surface area contributed by atoms with Crippen LogP contribution in [0.5, 0.6) is 5.75 Å². The number of benzene rings is 1. The van der Waals surface area contributed by atoms with E-state index in [1.165, 1.54) is 24.8 Å². The minimum absolute atomic E-state index is 0.386. The van der Waals surface area contributed by atoms with Crippen molar-refractivity contribution in [3.63, 3.8) is 0 Å². The van der Waals surface area contributed by atoms with Crippen molar-refractivity contribution < 1.29 is 4.74 Å². The first-order valence-corrected chi connectivity index (χ1v) is 7.92. The van der Waals surface area contributed by atoms with Gasteiger partial charge in [0.1, 0.15) is 5.75 Å². The molecular formula is C18H31NO. The molecule has 20 heavy (non-hydrogen) atoms. The first-order valence-electron chi connectivity index (χ1n) is 7.92. The second kappa shape index (κ2) is 8.31. The molecule has 1 unspecified atom stereocenters. The average molecular weight is 277 g/mol. The molecule has 0 bridgehead atoms. The Kier molecular flexibility index (Phi) is 7.08. The van der Waals surface area contributed by atoms with Gasteiger partial charge in [-0.05, 0) is 55.8 Å². The molecule has 0 amide bonds. The van der Waals surface area contributed by atoms with Crippen molar-refractivity contribution >= 4 is 0 Å². The second-order valence-corrected chi connectivity index (χ2v) is 6.61. The van der Waals surface area contributed by atoms with Crippen LogP contribution in [0.3, 0.4) is 0 Å². The molecule has 0 saturated heterocycles. The van der Waals surface area contributed by atoms with E-state index in [4.69, 9.17) is 4.74 Å². The van der Waals surface area contributed by atoms with Crippen molar-refractivity contribution in [2.45, 2.75) is 59.9 Å². The fourth-order valence-corrected chi connectivity index (χ4v) is 2.25. The molecule has 2 heteroatoms. The zero-order valence-corrected chi connectivity index (χ0v) is 13.8. The summed E-state index contributed by atoms with van der Waals surface area (Å²) in [7, 11) is 0. The molecule has 0 radical (unpaired) electrons. The van der Waals surface area contributed by atoms with Gasteiger partial charge in [-0.3, -0.25) is 0 Å². The highest BCUT2D eigenvalue weighted by Gasteiger charge is 2.16. The van der Waals surface area contributed by atoms with Crippen LogP contribution in [0.1, 0.15) is 65.5 Å². The number of rotatable bonds is 8. The number of hydrogen-bond acceptors (Lipinski definition) is 2. The first-order chi connectivity index (χ1) is 9.46. The Labute approximate surface area is 124 Å². The van der Waals surface area contributed by atoms with E-state index in [1.54, 1.807) is 0 Å². The summed E-state index contributed by atoms with van der Waals surface area (Å²) in [4.78, 5) is 0. The van der Waals surface area contributed by atoms with Gasteiger partial charge in [0, 0.05) is 6.04 Å².